The first-order valence-electron chi connectivity index (χ1n) is 12.9. The second-order valence-electron chi connectivity index (χ2n) is 9.02. The van der Waals surface area contributed by atoms with Crippen LogP contribution in [0.5, 0.6) is 0 Å². The lowest BCUT2D eigenvalue weighted by Crippen LogP contribution is -2.45. The normalized spacial score (nSPS) is 13.4. The van der Waals surface area contributed by atoms with Crippen molar-refractivity contribution in [2.45, 2.75) is 150 Å². The Balaban J connectivity index is 3.70. The Morgan fingerprint density at radius 1 is 0.607 bits per heavy atom. The summed E-state index contributed by atoms with van der Waals surface area (Å²) in [6, 6.07) is 2.15. The fourth-order valence-electron chi connectivity index (χ4n) is 4.00. The molecule has 2 nitrogen and oxygen atoms in total. The van der Waals surface area contributed by atoms with E-state index in [1.54, 1.807) is 0 Å². The zero-order valence-corrected chi connectivity index (χ0v) is 21.5. The summed E-state index contributed by atoms with van der Waals surface area (Å²) in [7, 11) is -1.99. The van der Waals surface area contributed by atoms with Gasteiger partial charge in [-0.3, -0.25) is 0 Å². The zero-order chi connectivity index (χ0) is 21.1. The van der Waals surface area contributed by atoms with Gasteiger partial charge in [0.15, 0.2) is 0 Å². The lowest BCUT2D eigenvalue weighted by Gasteiger charge is -2.34. The summed E-state index contributed by atoms with van der Waals surface area (Å²) in [5.41, 5.74) is 0. The predicted molar refractivity (Wildman–Crippen MR) is 128 cm³/mol. The average molecular weight is 415 g/mol. The van der Waals surface area contributed by atoms with E-state index in [2.05, 4.69) is 41.5 Å². The minimum Gasteiger partial charge on any atom is -0.394 e. The van der Waals surface area contributed by atoms with Crippen LogP contribution >= 0.6 is 0 Å². The molecule has 0 bridgehead atoms. The summed E-state index contributed by atoms with van der Waals surface area (Å²) in [5.74, 6) is 0.579. The topological polar surface area (TPSA) is 18.5 Å². The third-order valence-corrected chi connectivity index (χ3v) is 9.82. The first kappa shape index (κ1) is 28.1. The van der Waals surface area contributed by atoms with Crippen LogP contribution in [-0.2, 0) is 8.85 Å². The van der Waals surface area contributed by atoms with Crippen molar-refractivity contribution in [3.8, 4) is 0 Å². The molecule has 0 spiro atoms. The van der Waals surface area contributed by atoms with E-state index in [9.17, 15) is 0 Å². The molecule has 0 rings (SSSR count). The Hall–Kier alpha value is 0.137. The number of unbranched alkanes of at least 4 members (excludes halogenated alkanes) is 12. The first-order valence-corrected chi connectivity index (χ1v) is 15.1. The maximum Gasteiger partial charge on any atom is 0.337 e. The summed E-state index contributed by atoms with van der Waals surface area (Å²) < 4.78 is 13.0. The van der Waals surface area contributed by atoms with Crippen LogP contribution in [0.2, 0.25) is 12.1 Å². The van der Waals surface area contributed by atoms with Gasteiger partial charge in [-0.2, -0.15) is 0 Å². The summed E-state index contributed by atoms with van der Waals surface area (Å²) in [5, 5.41) is 0. The molecule has 0 heterocycles. The fourth-order valence-corrected chi connectivity index (χ4v) is 6.82. The summed E-state index contributed by atoms with van der Waals surface area (Å²) in [4.78, 5) is 0. The van der Waals surface area contributed by atoms with E-state index in [1.807, 2.05) is 0 Å². The van der Waals surface area contributed by atoms with Gasteiger partial charge in [0.2, 0.25) is 0 Å². The molecular formula is C25H54O2Si. The lowest BCUT2D eigenvalue weighted by atomic mass is 10.0. The van der Waals surface area contributed by atoms with Crippen molar-refractivity contribution in [3.63, 3.8) is 0 Å². The summed E-state index contributed by atoms with van der Waals surface area (Å²) >= 11 is 0. The van der Waals surface area contributed by atoms with E-state index in [1.165, 1.54) is 83.5 Å². The Morgan fingerprint density at radius 2 is 1.04 bits per heavy atom. The van der Waals surface area contributed by atoms with Crippen molar-refractivity contribution >= 4 is 8.56 Å². The zero-order valence-electron chi connectivity index (χ0n) is 20.5. The van der Waals surface area contributed by atoms with E-state index < -0.39 is 8.56 Å². The largest absolute Gasteiger partial charge is 0.394 e. The minimum atomic E-state index is -1.99. The molecule has 0 aliphatic heterocycles. The highest BCUT2D eigenvalue weighted by Gasteiger charge is 2.36. The highest BCUT2D eigenvalue weighted by Crippen LogP contribution is 2.25. The van der Waals surface area contributed by atoms with Crippen molar-refractivity contribution < 1.29 is 8.85 Å². The van der Waals surface area contributed by atoms with Gasteiger partial charge >= 0.3 is 8.56 Å². The molecule has 0 fully saturated rings. The Kier molecular flexibility index (Phi) is 19.2. The van der Waals surface area contributed by atoms with Crippen LogP contribution in [0, 0.1) is 5.92 Å². The molecule has 0 radical (unpaired) electrons. The smallest absolute Gasteiger partial charge is 0.337 e. The van der Waals surface area contributed by atoms with Gasteiger partial charge < -0.3 is 8.85 Å². The van der Waals surface area contributed by atoms with Gasteiger partial charge in [0.25, 0.3) is 0 Å². The van der Waals surface area contributed by atoms with E-state index in [0.29, 0.717) is 12.0 Å². The monoisotopic (exact) mass is 414 g/mol. The van der Waals surface area contributed by atoms with Crippen molar-refractivity contribution in [1.29, 1.82) is 0 Å². The molecule has 0 aromatic carbocycles. The second kappa shape index (κ2) is 19.1. The van der Waals surface area contributed by atoms with Crippen molar-refractivity contribution in [1.82, 2.24) is 0 Å². The lowest BCUT2D eigenvalue weighted by molar-refractivity contribution is 0.0788. The van der Waals surface area contributed by atoms with Crippen molar-refractivity contribution in [3.05, 3.63) is 0 Å². The molecule has 0 aromatic heterocycles. The summed E-state index contributed by atoms with van der Waals surface area (Å²) in [6.07, 6.45) is 19.6. The molecule has 1 atom stereocenters. The predicted octanol–water partition coefficient (Wildman–Crippen LogP) is 9.03. The van der Waals surface area contributed by atoms with Crippen LogP contribution < -0.4 is 0 Å². The quantitative estimate of drug-likeness (QED) is 0.138. The average Bonchev–Trinajstić information content (AvgIpc) is 2.70. The molecule has 0 aliphatic carbocycles. The minimum absolute atomic E-state index is 0.359. The highest BCUT2D eigenvalue weighted by atomic mass is 28.4. The number of rotatable bonds is 21. The van der Waals surface area contributed by atoms with Gasteiger partial charge in [0, 0.05) is 12.7 Å². The van der Waals surface area contributed by atoms with Gasteiger partial charge in [0.1, 0.15) is 0 Å². The molecule has 3 heteroatoms. The molecule has 0 amide bonds. The maximum atomic E-state index is 6.58. The third kappa shape index (κ3) is 14.2. The molecule has 0 aliphatic rings. The fraction of sp³-hybridized carbons (Fsp3) is 1.00. The van der Waals surface area contributed by atoms with E-state index in [-0.39, 0.29) is 0 Å². The van der Waals surface area contributed by atoms with Crippen LogP contribution in [0.4, 0.5) is 0 Å². The van der Waals surface area contributed by atoms with Crippen molar-refractivity contribution in [2.75, 3.05) is 6.61 Å². The Morgan fingerprint density at radius 3 is 1.39 bits per heavy atom. The standard InChI is InChI=1S/C25H54O2Si/c1-7-11-12-13-14-15-16-17-18-19-20-21-22-23-26-28(9-3,10-4)27-25(8-2)24(5)6/h24-25H,7-23H2,1-6H3. The Labute approximate surface area is 179 Å². The molecule has 0 aromatic rings. The molecule has 0 saturated carbocycles. The van der Waals surface area contributed by atoms with Gasteiger partial charge in [-0.1, -0.05) is 119 Å². The molecular weight excluding hydrogens is 360 g/mol. The number of hydrogen-bond donors (Lipinski definition) is 0. The van der Waals surface area contributed by atoms with Crippen LogP contribution in [-0.4, -0.2) is 21.3 Å². The Bertz CT molecular complexity index is 316. The first-order chi connectivity index (χ1) is 13.5. The molecule has 28 heavy (non-hydrogen) atoms. The van der Waals surface area contributed by atoms with Crippen LogP contribution in [0.3, 0.4) is 0 Å². The van der Waals surface area contributed by atoms with Gasteiger partial charge in [0.05, 0.1) is 0 Å². The molecule has 0 N–H and O–H groups in total. The van der Waals surface area contributed by atoms with E-state index >= 15 is 0 Å². The summed E-state index contributed by atoms with van der Waals surface area (Å²) in [6.45, 7) is 14.5. The van der Waals surface area contributed by atoms with Gasteiger partial charge in [-0.15, -0.1) is 0 Å². The molecule has 170 valence electrons. The van der Waals surface area contributed by atoms with Crippen LogP contribution in [0.1, 0.15) is 131 Å². The second-order valence-corrected chi connectivity index (χ2v) is 12.8. The van der Waals surface area contributed by atoms with Crippen LogP contribution in [0.15, 0.2) is 0 Å². The van der Waals surface area contributed by atoms with E-state index in [0.717, 1.165) is 25.1 Å². The molecule has 1 unspecified atom stereocenters. The maximum absolute atomic E-state index is 6.58. The highest BCUT2D eigenvalue weighted by molar-refractivity contribution is 6.67. The third-order valence-electron chi connectivity index (χ3n) is 6.20. The van der Waals surface area contributed by atoms with E-state index in [4.69, 9.17) is 8.85 Å². The number of hydrogen-bond acceptors (Lipinski definition) is 2. The SMILES string of the molecule is CCCCCCCCCCCCCCCO[Si](CC)(CC)OC(CC)C(C)C. The van der Waals surface area contributed by atoms with Gasteiger partial charge in [-0.25, -0.2) is 0 Å². The molecule has 0 saturated heterocycles. The van der Waals surface area contributed by atoms with Gasteiger partial charge in [-0.05, 0) is 30.8 Å². The van der Waals surface area contributed by atoms with Crippen LogP contribution in [0.25, 0.3) is 0 Å². The van der Waals surface area contributed by atoms with Crippen molar-refractivity contribution in [2.24, 2.45) is 5.92 Å².